The Kier molecular flexibility index (Phi) is 4.12. The van der Waals surface area contributed by atoms with Crippen molar-refractivity contribution in [3.63, 3.8) is 0 Å². The monoisotopic (exact) mass is 329 g/mol. The number of nitrogens with zero attached hydrogens (tertiary/aromatic N) is 1. The fraction of sp³-hybridized carbons (Fsp3) is 0.111. The summed E-state index contributed by atoms with van der Waals surface area (Å²) >= 11 is 0. The van der Waals surface area contributed by atoms with Crippen LogP contribution < -0.4 is 0 Å². The standard InChI is InChI=1S/C18H13F2NO3/c19-13-5-1-11(2-6-13)9-10-21-17(23)15(16(22)18(21)24)12-3-7-14(20)8-4-12/h1-8,22H,9-10H2. The van der Waals surface area contributed by atoms with E-state index in [4.69, 9.17) is 0 Å². The van der Waals surface area contributed by atoms with Crippen molar-refractivity contribution in [3.05, 3.63) is 77.1 Å². The largest absolute Gasteiger partial charge is 0.502 e. The number of amides is 2. The summed E-state index contributed by atoms with van der Waals surface area (Å²) in [6.45, 7) is 0.0536. The normalized spacial score (nSPS) is 14.7. The SMILES string of the molecule is O=C1C(O)=C(c2ccc(F)cc2)C(=O)N1CCc1ccc(F)cc1. The fourth-order valence-electron chi connectivity index (χ4n) is 2.54. The van der Waals surface area contributed by atoms with E-state index in [1.807, 2.05) is 0 Å². The van der Waals surface area contributed by atoms with Crippen LogP contribution in [0.3, 0.4) is 0 Å². The number of carbonyl (C=O) groups is 2. The predicted molar refractivity (Wildman–Crippen MR) is 82.8 cm³/mol. The summed E-state index contributed by atoms with van der Waals surface area (Å²) in [4.78, 5) is 25.5. The molecule has 0 unspecified atom stereocenters. The van der Waals surface area contributed by atoms with E-state index in [1.54, 1.807) is 12.1 Å². The first-order valence-electron chi connectivity index (χ1n) is 7.27. The minimum atomic E-state index is -0.790. The highest BCUT2D eigenvalue weighted by molar-refractivity contribution is 6.34. The third-order valence-corrected chi connectivity index (χ3v) is 3.81. The number of benzene rings is 2. The lowest BCUT2D eigenvalue weighted by atomic mass is 10.1. The van der Waals surface area contributed by atoms with Gasteiger partial charge in [0.05, 0.1) is 5.57 Å². The molecule has 0 fully saturated rings. The third kappa shape index (κ3) is 2.90. The van der Waals surface area contributed by atoms with Gasteiger partial charge < -0.3 is 5.11 Å². The van der Waals surface area contributed by atoms with E-state index in [-0.39, 0.29) is 23.5 Å². The molecule has 2 aromatic rings. The van der Waals surface area contributed by atoms with Gasteiger partial charge in [0.15, 0.2) is 5.76 Å². The maximum Gasteiger partial charge on any atom is 0.296 e. The van der Waals surface area contributed by atoms with Gasteiger partial charge in [-0.2, -0.15) is 0 Å². The molecule has 0 aromatic heterocycles. The molecule has 0 aliphatic carbocycles. The third-order valence-electron chi connectivity index (χ3n) is 3.81. The van der Waals surface area contributed by atoms with Crippen molar-refractivity contribution < 1.29 is 23.5 Å². The maximum atomic E-state index is 13.0. The Labute approximate surface area is 136 Å². The topological polar surface area (TPSA) is 57.6 Å². The molecule has 0 bridgehead atoms. The van der Waals surface area contributed by atoms with Crippen LogP contribution in [0.1, 0.15) is 11.1 Å². The predicted octanol–water partition coefficient (Wildman–Crippen LogP) is 2.85. The van der Waals surface area contributed by atoms with E-state index in [9.17, 15) is 23.5 Å². The molecule has 1 aliphatic rings. The zero-order valence-electron chi connectivity index (χ0n) is 12.5. The average Bonchev–Trinajstić information content (AvgIpc) is 2.78. The highest BCUT2D eigenvalue weighted by Gasteiger charge is 2.38. The van der Waals surface area contributed by atoms with Crippen LogP contribution in [0.25, 0.3) is 5.57 Å². The van der Waals surface area contributed by atoms with Gasteiger partial charge in [0.1, 0.15) is 11.6 Å². The van der Waals surface area contributed by atoms with Crippen LogP contribution in [-0.2, 0) is 16.0 Å². The number of imide groups is 1. The van der Waals surface area contributed by atoms with Gasteiger partial charge in [-0.05, 0) is 41.8 Å². The summed E-state index contributed by atoms with van der Waals surface area (Å²) in [5, 5.41) is 9.98. The fourth-order valence-corrected chi connectivity index (χ4v) is 2.54. The van der Waals surface area contributed by atoms with Gasteiger partial charge in [0, 0.05) is 6.54 Å². The first-order chi connectivity index (χ1) is 11.5. The maximum absolute atomic E-state index is 13.0. The van der Waals surface area contributed by atoms with Gasteiger partial charge >= 0.3 is 0 Å². The molecule has 4 nitrogen and oxygen atoms in total. The molecule has 1 N–H and O–H groups in total. The van der Waals surface area contributed by atoms with Crippen molar-refractivity contribution in [1.29, 1.82) is 0 Å². The molecule has 0 atom stereocenters. The molecule has 6 heteroatoms. The molecule has 24 heavy (non-hydrogen) atoms. The van der Waals surface area contributed by atoms with E-state index in [0.717, 1.165) is 22.6 Å². The van der Waals surface area contributed by atoms with Crippen molar-refractivity contribution in [3.8, 4) is 0 Å². The lowest BCUT2D eigenvalue weighted by Gasteiger charge is -2.14. The van der Waals surface area contributed by atoms with Gasteiger partial charge in [-0.15, -0.1) is 0 Å². The molecule has 0 saturated heterocycles. The zero-order valence-corrected chi connectivity index (χ0v) is 12.5. The lowest BCUT2D eigenvalue weighted by Crippen LogP contribution is -2.33. The summed E-state index contributed by atoms with van der Waals surface area (Å²) in [5.74, 6) is -2.92. The molecule has 122 valence electrons. The van der Waals surface area contributed by atoms with Crippen molar-refractivity contribution in [2.45, 2.75) is 6.42 Å². The van der Waals surface area contributed by atoms with Gasteiger partial charge in [0.25, 0.3) is 11.8 Å². The summed E-state index contributed by atoms with van der Waals surface area (Å²) in [7, 11) is 0. The number of hydrogen-bond donors (Lipinski definition) is 1. The molecule has 0 spiro atoms. The van der Waals surface area contributed by atoms with Crippen LogP contribution in [0.2, 0.25) is 0 Å². The van der Waals surface area contributed by atoms with E-state index < -0.39 is 23.4 Å². The zero-order chi connectivity index (χ0) is 17.3. The van der Waals surface area contributed by atoms with E-state index in [2.05, 4.69) is 0 Å². The number of halogens is 2. The number of rotatable bonds is 4. The summed E-state index contributed by atoms with van der Waals surface area (Å²) in [5.41, 5.74) is 0.891. The van der Waals surface area contributed by atoms with Crippen LogP contribution in [0, 0.1) is 11.6 Å². The quantitative estimate of drug-likeness (QED) is 0.878. The number of aliphatic hydroxyl groups excluding tert-OH is 1. The molecule has 2 aromatic carbocycles. The van der Waals surface area contributed by atoms with Crippen LogP contribution in [0.4, 0.5) is 8.78 Å². The van der Waals surface area contributed by atoms with Gasteiger partial charge in [0.2, 0.25) is 0 Å². The molecular weight excluding hydrogens is 316 g/mol. The highest BCUT2D eigenvalue weighted by atomic mass is 19.1. The Morgan fingerprint density at radius 3 is 1.96 bits per heavy atom. The molecule has 1 heterocycles. The molecule has 1 aliphatic heterocycles. The summed E-state index contributed by atoms with van der Waals surface area (Å²) in [6.07, 6.45) is 0.335. The van der Waals surface area contributed by atoms with E-state index in [1.165, 1.54) is 24.3 Å². The summed E-state index contributed by atoms with van der Waals surface area (Å²) in [6, 6.07) is 10.7. The van der Waals surface area contributed by atoms with Gasteiger partial charge in [-0.25, -0.2) is 8.78 Å². The molecule has 3 rings (SSSR count). The Bertz CT molecular complexity index is 826. The van der Waals surface area contributed by atoms with Crippen molar-refractivity contribution in [2.24, 2.45) is 0 Å². The average molecular weight is 329 g/mol. The number of carbonyl (C=O) groups excluding carboxylic acids is 2. The molecule has 0 radical (unpaired) electrons. The van der Waals surface area contributed by atoms with Crippen molar-refractivity contribution in [2.75, 3.05) is 6.54 Å². The Hall–Kier alpha value is -3.02. The first-order valence-corrected chi connectivity index (χ1v) is 7.27. The van der Waals surface area contributed by atoms with Crippen LogP contribution in [-0.4, -0.2) is 28.4 Å². The van der Waals surface area contributed by atoms with Crippen LogP contribution in [0.5, 0.6) is 0 Å². The second-order valence-corrected chi connectivity index (χ2v) is 5.37. The lowest BCUT2D eigenvalue weighted by molar-refractivity contribution is -0.138. The Balaban J connectivity index is 1.78. The number of hydrogen-bond acceptors (Lipinski definition) is 3. The minimum Gasteiger partial charge on any atom is -0.502 e. The Morgan fingerprint density at radius 1 is 0.833 bits per heavy atom. The number of aliphatic hydroxyl groups is 1. The van der Waals surface area contributed by atoms with Crippen molar-refractivity contribution >= 4 is 17.4 Å². The second kappa shape index (κ2) is 6.23. The Morgan fingerprint density at radius 2 is 1.38 bits per heavy atom. The molecular formula is C18H13F2NO3. The van der Waals surface area contributed by atoms with Crippen LogP contribution >= 0.6 is 0 Å². The summed E-state index contributed by atoms with van der Waals surface area (Å²) < 4.78 is 25.9. The molecule has 0 saturated carbocycles. The highest BCUT2D eigenvalue weighted by Crippen LogP contribution is 2.28. The van der Waals surface area contributed by atoms with E-state index >= 15 is 0 Å². The first kappa shape index (κ1) is 15.9. The van der Waals surface area contributed by atoms with Gasteiger partial charge in [-0.1, -0.05) is 24.3 Å². The van der Waals surface area contributed by atoms with Gasteiger partial charge in [-0.3, -0.25) is 14.5 Å². The minimum absolute atomic E-state index is 0.0536. The van der Waals surface area contributed by atoms with E-state index in [0.29, 0.717) is 6.42 Å². The smallest absolute Gasteiger partial charge is 0.296 e. The van der Waals surface area contributed by atoms with Crippen molar-refractivity contribution in [1.82, 2.24) is 4.90 Å². The van der Waals surface area contributed by atoms with Crippen LogP contribution in [0.15, 0.2) is 54.3 Å². The second-order valence-electron chi connectivity index (χ2n) is 5.37. The molecule has 2 amide bonds.